The molecule has 94 valence electrons. The summed E-state index contributed by atoms with van der Waals surface area (Å²) in [7, 11) is 0. The summed E-state index contributed by atoms with van der Waals surface area (Å²) in [5.41, 5.74) is 1.35. The van der Waals surface area contributed by atoms with Gasteiger partial charge in [0.05, 0.1) is 0 Å². The molecule has 3 nitrogen and oxygen atoms in total. The molecule has 0 fully saturated rings. The van der Waals surface area contributed by atoms with Crippen molar-refractivity contribution in [2.75, 3.05) is 31.6 Å². The van der Waals surface area contributed by atoms with Crippen LogP contribution in [0.2, 0.25) is 0 Å². The summed E-state index contributed by atoms with van der Waals surface area (Å²) in [6.07, 6.45) is 6.94. The van der Waals surface area contributed by atoms with Crippen LogP contribution in [0, 0.1) is 0 Å². The second-order valence-electron chi connectivity index (χ2n) is 3.69. The van der Waals surface area contributed by atoms with Crippen LogP contribution >= 0.6 is 24.2 Å². The van der Waals surface area contributed by atoms with Crippen molar-refractivity contribution in [3.8, 4) is 0 Å². The maximum Gasteiger partial charge on any atom is 0.220 e. The van der Waals surface area contributed by atoms with Gasteiger partial charge < -0.3 is 10.6 Å². The van der Waals surface area contributed by atoms with Gasteiger partial charge in [0.25, 0.3) is 0 Å². The first-order valence-corrected chi connectivity index (χ1v) is 6.86. The molecule has 1 aliphatic heterocycles. The maximum atomic E-state index is 11.4. The predicted molar refractivity (Wildman–Crippen MR) is 73.4 cm³/mol. The van der Waals surface area contributed by atoms with Gasteiger partial charge in [-0.2, -0.15) is 11.8 Å². The first-order valence-electron chi connectivity index (χ1n) is 5.47. The van der Waals surface area contributed by atoms with Gasteiger partial charge in [0.1, 0.15) is 0 Å². The van der Waals surface area contributed by atoms with Crippen LogP contribution in [0.25, 0.3) is 0 Å². The highest BCUT2D eigenvalue weighted by Gasteiger charge is 2.05. The zero-order chi connectivity index (χ0) is 10.9. The third-order valence-corrected chi connectivity index (χ3v) is 3.12. The van der Waals surface area contributed by atoms with Gasteiger partial charge in [-0.3, -0.25) is 4.79 Å². The zero-order valence-corrected chi connectivity index (χ0v) is 11.4. The lowest BCUT2D eigenvalue weighted by atomic mass is 10.1. The number of amides is 1. The molecule has 5 heteroatoms. The molecule has 16 heavy (non-hydrogen) atoms. The number of rotatable bonds is 6. The van der Waals surface area contributed by atoms with E-state index in [4.69, 9.17) is 0 Å². The zero-order valence-electron chi connectivity index (χ0n) is 9.75. The van der Waals surface area contributed by atoms with Crippen molar-refractivity contribution in [2.24, 2.45) is 0 Å². The van der Waals surface area contributed by atoms with Gasteiger partial charge in [0.2, 0.25) is 5.91 Å². The molecule has 1 heterocycles. The van der Waals surface area contributed by atoms with Crippen LogP contribution in [0.4, 0.5) is 0 Å². The van der Waals surface area contributed by atoms with Gasteiger partial charge in [0, 0.05) is 19.5 Å². The number of nitrogens with one attached hydrogen (secondary N) is 2. The van der Waals surface area contributed by atoms with E-state index in [0.717, 1.165) is 38.2 Å². The Morgan fingerprint density at radius 3 is 3.06 bits per heavy atom. The van der Waals surface area contributed by atoms with Crippen LogP contribution in [-0.4, -0.2) is 37.6 Å². The van der Waals surface area contributed by atoms with Crippen molar-refractivity contribution in [2.45, 2.75) is 19.3 Å². The predicted octanol–water partition coefficient (Wildman–Crippen LogP) is 1.59. The lowest BCUT2D eigenvalue weighted by molar-refractivity contribution is -0.120. The average molecular weight is 265 g/mol. The molecule has 1 rings (SSSR count). The molecule has 2 N–H and O–H groups in total. The molecule has 0 aliphatic carbocycles. The minimum Gasteiger partial charge on any atom is -0.352 e. The monoisotopic (exact) mass is 264 g/mol. The molecular weight excluding hydrogens is 244 g/mol. The second kappa shape index (κ2) is 10.00. The first kappa shape index (κ1) is 15.8. The smallest absolute Gasteiger partial charge is 0.220 e. The van der Waals surface area contributed by atoms with Crippen LogP contribution in [0.3, 0.4) is 0 Å². The number of carbonyl (C=O) groups excluding carboxylic acids is 1. The van der Waals surface area contributed by atoms with Crippen LogP contribution < -0.4 is 10.6 Å². The number of hydrogen-bond acceptors (Lipinski definition) is 3. The minimum absolute atomic E-state index is 0. The van der Waals surface area contributed by atoms with Crippen molar-refractivity contribution in [3.05, 3.63) is 11.6 Å². The number of thioether (sulfide) groups is 1. The Balaban J connectivity index is 0.00000225. The van der Waals surface area contributed by atoms with Crippen molar-refractivity contribution < 1.29 is 4.79 Å². The Labute approximate surface area is 108 Å². The minimum atomic E-state index is 0. The fourth-order valence-corrected chi connectivity index (χ4v) is 1.94. The van der Waals surface area contributed by atoms with Crippen molar-refractivity contribution >= 4 is 30.1 Å². The topological polar surface area (TPSA) is 41.1 Å². The van der Waals surface area contributed by atoms with Gasteiger partial charge >= 0.3 is 0 Å². The Hall–Kier alpha value is -0.190. The summed E-state index contributed by atoms with van der Waals surface area (Å²) in [4.78, 5) is 11.4. The average Bonchev–Trinajstić information content (AvgIpc) is 2.28. The lowest BCUT2D eigenvalue weighted by Gasteiger charge is -2.14. The van der Waals surface area contributed by atoms with E-state index >= 15 is 0 Å². The number of halogens is 1. The normalized spacial score (nSPS) is 14.9. The molecule has 1 aliphatic rings. The summed E-state index contributed by atoms with van der Waals surface area (Å²) in [5.74, 6) is 1.25. The Kier molecular flexibility index (Phi) is 9.88. The van der Waals surface area contributed by atoms with Crippen molar-refractivity contribution in [1.29, 1.82) is 0 Å². The summed E-state index contributed by atoms with van der Waals surface area (Å²) in [5, 5.41) is 6.22. The van der Waals surface area contributed by atoms with Gasteiger partial charge in [-0.05, 0) is 31.4 Å². The van der Waals surface area contributed by atoms with Crippen LogP contribution in [0.1, 0.15) is 19.3 Å². The highest BCUT2D eigenvalue weighted by atomic mass is 35.5. The van der Waals surface area contributed by atoms with Gasteiger partial charge in [-0.1, -0.05) is 11.6 Å². The van der Waals surface area contributed by atoms with E-state index in [9.17, 15) is 4.79 Å². The molecule has 0 atom stereocenters. The molecule has 1 amide bonds. The van der Waals surface area contributed by atoms with Gasteiger partial charge in [-0.15, -0.1) is 12.4 Å². The first-order chi connectivity index (χ1) is 7.33. The SMILES string of the molecule is CSCCCC(=O)NCC1=CCNCC1.Cl. The van der Waals surface area contributed by atoms with E-state index in [1.807, 2.05) is 0 Å². The molecule has 0 saturated carbocycles. The van der Waals surface area contributed by atoms with Crippen molar-refractivity contribution in [3.63, 3.8) is 0 Å². The van der Waals surface area contributed by atoms with E-state index in [0.29, 0.717) is 6.42 Å². The van der Waals surface area contributed by atoms with Crippen LogP contribution in [-0.2, 0) is 4.79 Å². The Morgan fingerprint density at radius 1 is 1.62 bits per heavy atom. The fourth-order valence-electron chi connectivity index (χ4n) is 1.51. The standard InChI is InChI=1S/C11H20N2OS.ClH/c1-15-8-2-3-11(14)13-9-10-4-6-12-7-5-10;/h4,12H,2-3,5-9H2,1H3,(H,13,14);1H. The molecule has 0 radical (unpaired) electrons. The van der Waals surface area contributed by atoms with E-state index in [1.54, 1.807) is 11.8 Å². The Bertz CT molecular complexity index is 234. The molecule has 0 aromatic carbocycles. The highest BCUT2D eigenvalue weighted by molar-refractivity contribution is 7.98. The number of hydrogen-bond donors (Lipinski definition) is 2. The third-order valence-electron chi connectivity index (χ3n) is 2.42. The highest BCUT2D eigenvalue weighted by Crippen LogP contribution is 2.03. The quantitative estimate of drug-likeness (QED) is 0.566. The molecular formula is C11H21ClN2OS. The molecule has 0 aromatic heterocycles. The maximum absolute atomic E-state index is 11.4. The number of carbonyl (C=O) groups is 1. The van der Waals surface area contributed by atoms with E-state index in [-0.39, 0.29) is 18.3 Å². The van der Waals surface area contributed by atoms with Crippen LogP contribution in [0.15, 0.2) is 11.6 Å². The Morgan fingerprint density at radius 2 is 2.44 bits per heavy atom. The summed E-state index contributed by atoms with van der Waals surface area (Å²) < 4.78 is 0. The second-order valence-corrected chi connectivity index (χ2v) is 4.68. The van der Waals surface area contributed by atoms with Crippen LogP contribution in [0.5, 0.6) is 0 Å². The largest absolute Gasteiger partial charge is 0.352 e. The van der Waals surface area contributed by atoms with Crippen molar-refractivity contribution in [1.82, 2.24) is 10.6 Å². The van der Waals surface area contributed by atoms with E-state index in [2.05, 4.69) is 23.0 Å². The lowest BCUT2D eigenvalue weighted by Crippen LogP contribution is -2.29. The summed E-state index contributed by atoms with van der Waals surface area (Å²) >= 11 is 1.79. The van der Waals surface area contributed by atoms with Gasteiger partial charge in [-0.25, -0.2) is 0 Å². The molecule has 0 bridgehead atoms. The van der Waals surface area contributed by atoms with E-state index in [1.165, 1.54) is 5.57 Å². The summed E-state index contributed by atoms with van der Waals surface area (Å²) in [6.45, 7) is 2.71. The summed E-state index contributed by atoms with van der Waals surface area (Å²) in [6, 6.07) is 0. The fraction of sp³-hybridized carbons (Fsp3) is 0.727. The molecule has 0 aromatic rings. The van der Waals surface area contributed by atoms with Gasteiger partial charge in [0.15, 0.2) is 0 Å². The third kappa shape index (κ3) is 7.14. The molecule has 0 spiro atoms. The molecule has 0 unspecified atom stereocenters. The van der Waals surface area contributed by atoms with E-state index < -0.39 is 0 Å². The molecule has 0 saturated heterocycles.